The zero-order valence-corrected chi connectivity index (χ0v) is 18.6. The van der Waals surface area contributed by atoms with Gasteiger partial charge >= 0.3 is 0 Å². The van der Waals surface area contributed by atoms with Crippen molar-refractivity contribution in [1.82, 2.24) is 21.3 Å². The second kappa shape index (κ2) is 10.9. The van der Waals surface area contributed by atoms with Crippen molar-refractivity contribution < 1.29 is 23.5 Å². The third-order valence-corrected chi connectivity index (χ3v) is 5.23. The van der Waals surface area contributed by atoms with Gasteiger partial charge in [0.05, 0.1) is 13.2 Å². The number of morpholine rings is 1. The number of furan rings is 1. The summed E-state index contributed by atoms with van der Waals surface area (Å²) in [5.41, 5.74) is 1.68. The van der Waals surface area contributed by atoms with E-state index >= 15 is 0 Å². The molecule has 2 aromatic rings. The van der Waals surface area contributed by atoms with Crippen LogP contribution in [0.3, 0.4) is 0 Å². The number of rotatable bonds is 8. The van der Waals surface area contributed by atoms with Gasteiger partial charge in [-0.05, 0) is 29.7 Å². The van der Waals surface area contributed by atoms with Gasteiger partial charge < -0.3 is 30.4 Å². The molecule has 0 bridgehead atoms. The van der Waals surface area contributed by atoms with Crippen LogP contribution in [0, 0.1) is 5.92 Å². The van der Waals surface area contributed by atoms with E-state index in [2.05, 4.69) is 21.3 Å². The third kappa shape index (κ3) is 5.95. The van der Waals surface area contributed by atoms with Crippen molar-refractivity contribution >= 4 is 17.7 Å². The second-order valence-corrected chi connectivity index (χ2v) is 7.97. The normalized spacial score (nSPS) is 16.9. The van der Waals surface area contributed by atoms with E-state index in [0.29, 0.717) is 32.1 Å². The Bertz CT molecular complexity index is 949. The molecule has 2 heterocycles. The van der Waals surface area contributed by atoms with Crippen molar-refractivity contribution in [3.63, 3.8) is 0 Å². The number of carbonyl (C=O) groups excluding carboxylic acids is 3. The Balaban J connectivity index is 1.63. The highest BCUT2D eigenvalue weighted by Crippen LogP contribution is 2.23. The van der Waals surface area contributed by atoms with Crippen molar-refractivity contribution in [3.8, 4) is 11.3 Å². The molecule has 1 aromatic carbocycles. The minimum atomic E-state index is -0.656. The molecule has 1 aliphatic rings. The molecule has 0 saturated carbocycles. The van der Waals surface area contributed by atoms with Crippen LogP contribution in [-0.4, -0.2) is 56.6 Å². The van der Waals surface area contributed by atoms with E-state index in [1.54, 1.807) is 12.1 Å². The number of likely N-dealkylation sites (N-methyl/N-ethyl adjacent to an activating group) is 1. The number of hydrogen-bond acceptors (Lipinski definition) is 6. The highest BCUT2D eigenvalue weighted by atomic mass is 16.5. The first-order valence-electron chi connectivity index (χ1n) is 10.7. The second-order valence-electron chi connectivity index (χ2n) is 7.97. The van der Waals surface area contributed by atoms with Gasteiger partial charge in [-0.15, -0.1) is 0 Å². The van der Waals surface area contributed by atoms with Crippen molar-refractivity contribution in [1.29, 1.82) is 0 Å². The number of carbonyl (C=O) groups is 3. The Labute approximate surface area is 187 Å². The maximum Gasteiger partial charge on any atom is 0.287 e. The van der Waals surface area contributed by atoms with Crippen LogP contribution in [0.2, 0.25) is 0 Å². The van der Waals surface area contributed by atoms with Gasteiger partial charge in [0, 0.05) is 25.7 Å². The first-order chi connectivity index (χ1) is 15.4. The van der Waals surface area contributed by atoms with Gasteiger partial charge in [-0.3, -0.25) is 14.4 Å². The fourth-order valence-electron chi connectivity index (χ4n) is 3.40. The lowest BCUT2D eigenvalue weighted by molar-refractivity contribution is -0.126. The van der Waals surface area contributed by atoms with Crippen molar-refractivity contribution in [2.45, 2.75) is 32.5 Å². The number of hydrogen-bond donors (Lipinski definition) is 4. The molecule has 1 aromatic heterocycles. The monoisotopic (exact) mass is 442 g/mol. The number of amides is 3. The summed E-state index contributed by atoms with van der Waals surface area (Å²) < 4.78 is 11.1. The SMILES string of the molecule is CNC(=O)[C@@H](NC(=O)c1ccc(-c2cccc(CNC(=O)C3COCCN3)c2)o1)C(C)C. The van der Waals surface area contributed by atoms with Gasteiger partial charge in [-0.25, -0.2) is 0 Å². The van der Waals surface area contributed by atoms with E-state index in [4.69, 9.17) is 9.15 Å². The molecule has 1 fully saturated rings. The van der Waals surface area contributed by atoms with E-state index in [-0.39, 0.29) is 29.5 Å². The number of nitrogens with one attached hydrogen (secondary N) is 4. The first-order valence-corrected chi connectivity index (χ1v) is 10.7. The van der Waals surface area contributed by atoms with Gasteiger partial charge in [0.15, 0.2) is 5.76 Å². The highest BCUT2D eigenvalue weighted by molar-refractivity contribution is 5.96. The van der Waals surface area contributed by atoms with Crippen molar-refractivity contribution in [2.24, 2.45) is 5.92 Å². The maximum atomic E-state index is 12.6. The Morgan fingerprint density at radius 1 is 1.19 bits per heavy atom. The van der Waals surface area contributed by atoms with Crippen LogP contribution < -0.4 is 21.3 Å². The summed E-state index contributed by atoms with van der Waals surface area (Å²) in [7, 11) is 1.53. The average Bonchev–Trinajstić information content (AvgIpc) is 3.31. The van der Waals surface area contributed by atoms with Gasteiger partial charge in [0.1, 0.15) is 17.8 Å². The zero-order valence-electron chi connectivity index (χ0n) is 18.6. The van der Waals surface area contributed by atoms with Gasteiger partial charge in [0.25, 0.3) is 5.91 Å². The molecule has 3 amide bonds. The van der Waals surface area contributed by atoms with Crippen LogP contribution >= 0.6 is 0 Å². The molecule has 1 unspecified atom stereocenters. The first kappa shape index (κ1) is 23.5. The molecule has 3 rings (SSSR count). The molecular weight excluding hydrogens is 412 g/mol. The number of ether oxygens (including phenoxy) is 1. The van der Waals surface area contributed by atoms with E-state index in [1.807, 2.05) is 38.1 Å². The lowest BCUT2D eigenvalue weighted by atomic mass is 10.0. The van der Waals surface area contributed by atoms with E-state index in [9.17, 15) is 14.4 Å². The van der Waals surface area contributed by atoms with E-state index in [1.165, 1.54) is 7.05 Å². The summed E-state index contributed by atoms with van der Waals surface area (Å²) >= 11 is 0. The maximum absolute atomic E-state index is 12.6. The number of benzene rings is 1. The van der Waals surface area contributed by atoms with Crippen molar-refractivity contribution in [2.75, 3.05) is 26.8 Å². The molecule has 0 aliphatic carbocycles. The lowest BCUT2D eigenvalue weighted by Crippen LogP contribution is -2.51. The quantitative estimate of drug-likeness (QED) is 0.485. The Morgan fingerprint density at radius 3 is 2.69 bits per heavy atom. The molecule has 4 N–H and O–H groups in total. The van der Waals surface area contributed by atoms with Crippen LogP contribution in [-0.2, 0) is 20.9 Å². The molecule has 9 heteroatoms. The fraction of sp³-hybridized carbons (Fsp3) is 0.435. The van der Waals surface area contributed by atoms with Gasteiger partial charge in [-0.1, -0.05) is 32.0 Å². The predicted octanol–water partition coefficient (Wildman–Crippen LogP) is 1.05. The summed E-state index contributed by atoms with van der Waals surface area (Å²) in [5, 5.41) is 11.3. The Kier molecular flexibility index (Phi) is 8.02. The Hall–Kier alpha value is -3.17. The predicted molar refractivity (Wildman–Crippen MR) is 119 cm³/mol. The molecule has 1 saturated heterocycles. The third-order valence-electron chi connectivity index (χ3n) is 5.23. The van der Waals surface area contributed by atoms with Crippen LogP contribution in [0.1, 0.15) is 30.0 Å². The average molecular weight is 443 g/mol. The molecule has 172 valence electrons. The summed E-state index contributed by atoms with van der Waals surface area (Å²) in [6.07, 6.45) is 0. The molecule has 0 radical (unpaired) electrons. The van der Waals surface area contributed by atoms with Crippen LogP contribution in [0.25, 0.3) is 11.3 Å². The molecule has 1 aliphatic heterocycles. The minimum Gasteiger partial charge on any atom is -0.451 e. The Morgan fingerprint density at radius 2 is 2.00 bits per heavy atom. The summed E-state index contributed by atoms with van der Waals surface area (Å²) in [6, 6.07) is 9.81. The van der Waals surface area contributed by atoms with Crippen LogP contribution in [0.4, 0.5) is 0 Å². The fourth-order valence-corrected chi connectivity index (χ4v) is 3.40. The standard InChI is InChI=1S/C23H30N4O5/c1-14(2)20(23(30)24-3)27-22(29)19-8-7-18(32-19)16-6-4-5-15(11-16)12-26-21(28)17-13-31-10-9-25-17/h4-8,11,14,17,20,25H,9-10,12-13H2,1-3H3,(H,24,30)(H,26,28)(H,27,29)/t17?,20-/m0/s1. The largest absolute Gasteiger partial charge is 0.451 e. The smallest absolute Gasteiger partial charge is 0.287 e. The molecule has 32 heavy (non-hydrogen) atoms. The van der Waals surface area contributed by atoms with E-state index < -0.39 is 11.9 Å². The summed E-state index contributed by atoms with van der Waals surface area (Å²) in [5.74, 6) is -0.254. The summed E-state index contributed by atoms with van der Waals surface area (Å²) in [4.78, 5) is 36.8. The molecule has 2 atom stereocenters. The van der Waals surface area contributed by atoms with Crippen LogP contribution in [0.5, 0.6) is 0 Å². The van der Waals surface area contributed by atoms with Crippen molar-refractivity contribution in [3.05, 3.63) is 47.7 Å². The topological polar surface area (TPSA) is 122 Å². The van der Waals surface area contributed by atoms with Gasteiger partial charge in [-0.2, -0.15) is 0 Å². The van der Waals surface area contributed by atoms with E-state index in [0.717, 1.165) is 11.1 Å². The van der Waals surface area contributed by atoms with Crippen LogP contribution in [0.15, 0.2) is 40.8 Å². The summed E-state index contributed by atoms with van der Waals surface area (Å²) in [6.45, 7) is 5.70. The minimum absolute atomic E-state index is 0.0735. The zero-order chi connectivity index (χ0) is 23.1. The molecule has 9 nitrogen and oxygen atoms in total. The highest BCUT2D eigenvalue weighted by Gasteiger charge is 2.25. The molecule has 0 spiro atoms. The lowest BCUT2D eigenvalue weighted by Gasteiger charge is -2.22. The van der Waals surface area contributed by atoms with Gasteiger partial charge in [0.2, 0.25) is 11.8 Å². The molecular formula is C23H30N4O5.